The van der Waals surface area contributed by atoms with Crippen molar-refractivity contribution in [2.24, 2.45) is 5.92 Å². The molecule has 1 saturated carbocycles. The molecule has 0 aromatic rings. The van der Waals surface area contributed by atoms with Crippen LogP contribution in [-0.2, 0) is 0 Å². The van der Waals surface area contributed by atoms with Crippen LogP contribution >= 0.6 is 0 Å². The van der Waals surface area contributed by atoms with Gasteiger partial charge >= 0.3 is 0 Å². The van der Waals surface area contributed by atoms with Gasteiger partial charge in [-0.1, -0.05) is 12.2 Å². The summed E-state index contributed by atoms with van der Waals surface area (Å²) in [6.45, 7) is 7.35. The lowest BCUT2D eigenvalue weighted by Crippen LogP contribution is -2.57. The second-order valence-electron chi connectivity index (χ2n) is 4.14. The van der Waals surface area contributed by atoms with Crippen molar-refractivity contribution in [2.75, 3.05) is 6.67 Å². The van der Waals surface area contributed by atoms with Crippen LogP contribution in [0.25, 0.3) is 0 Å². The van der Waals surface area contributed by atoms with E-state index in [0.717, 1.165) is 18.6 Å². The van der Waals surface area contributed by atoms with Crippen LogP contribution in [0.2, 0.25) is 0 Å². The molecule has 0 bridgehead atoms. The number of nitrogens with one attached hydrogen (secondary N) is 2. The van der Waals surface area contributed by atoms with Crippen molar-refractivity contribution in [3.05, 3.63) is 12.2 Å². The summed E-state index contributed by atoms with van der Waals surface area (Å²) < 4.78 is 0. The van der Waals surface area contributed by atoms with E-state index in [1.807, 2.05) is 0 Å². The molecule has 3 atom stereocenters. The Balaban J connectivity index is 2.05. The highest BCUT2D eigenvalue weighted by molar-refractivity contribution is 5.06. The smallest absolute Gasteiger partial charge is 0.0458 e. The SMILES string of the molecule is C=C1CCC2NCNC(C)C2C1. The fourth-order valence-electron chi connectivity index (χ4n) is 2.43. The van der Waals surface area contributed by atoms with Crippen LogP contribution < -0.4 is 10.6 Å². The molecule has 2 fully saturated rings. The Morgan fingerprint density at radius 3 is 3.08 bits per heavy atom. The average molecular weight is 166 g/mol. The third-order valence-corrected chi connectivity index (χ3v) is 3.28. The highest BCUT2D eigenvalue weighted by atomic mass is 15.1. The quantitative estimate of drug-likeness (QED) is 0.529. The topological polar surface area (TPSA) is 24.1 Å². The van der Waals surface area contributed by atoms with Crippen molar-refractivity contribution in [1.29, 1.82) is 0 Å². The molecule has 0 amide bonds. The Kier molecular flexibility index (Phi) is 2.20. The molecule has 1 heterocycles. The monoisotopic (exact) mass is 166 g/mol. The third kappa shape index (κ3) is 1.41. The average Bonchev–Trinajstić information content (AvgIpc) is 2.07. The van der Waals surface area contributed by atoms with Crippen molar-refractivity contribution < 1.29 is 0 Å². The van der Waals surface area contributed by atoms with Gasteiger partial charge in [0, 0.05) is 18.8 Å². The second-order valence-corrected chi connectivity index (χ2v) is 4.14. The fraction of sp³-hybridized carbons (Fsp3) is 0.800. The molecule has 1 saturated heterocycles. The molecule has 0 aromatic carbocycles. The van der Waals surface area contributed by atoms with Crippen LogP contribution in [0.15, 0.2) is 12.2 Å². The predicted molar refractivity (Wildman–Crippen MR) is 50.9 cm³/mol. The molecule has 0 radical (unpaired) electrons. The van der Waals surface area contributed by atoms with Gasteiger partial charge in [-0.05, 0) is 32.1 Å². The van der Waals surface area contributed by atoms with E-state index in [-0.39, 0.29) is 0 Å². The maximum atomic E-state index is 4.08. The third-order valence-electron chi connectivity index (χ3n) is 3.28. The first-order valence-electron chi connectivity index (χ1n) is 4.91. The molecule has 2 nitrogen and oxygen atoms in total. The van der Waals surface area contributed by atoms with Crippen molar-refractivity contribution in [2.45, 2.75) is 38.3 Å². The summed E-state index contributed by atoms with van der Waals surface area (Å²) in [5.74, 6) is 0.778. The molecule has 68 valence electrons. The molecule has 0 aromatic heterocycles. The lowest BCUT2D eigenvalue weighted by Gasteiger charge is -2.41. The molecule has 3 unspecified atom stereocenters. The van der Waals surface area contributed by atoms with E-state index in [2.05, 4.69) is 24.1 Å². The lowest BCUT2D eigenvalue weighted by molar-refractivity contribution is 0.191. The predicted octanol–water partition coefficient (Wildman–Crippen LogP) is 1.25. The van der Waals surface area contributed by atoms with E-state index in [1.54, 1.807) is 0 Å². The minimum absolute atomic E-state index is 0.660. The van der Waals surface area contributed by atoms with Crippen LogP contribution in [0.3, 0.4) is 0 Å². The Bertz CT molecular complexity index is 188. The van der Waals surface area contributed by atoms with Crippen molar-refractivity contribution in [1.82, 2.24) is 10.6 Å². The zero-order valence-corrected chi connectivity index (χ0v) is 7.77. The summed E-state index contributed by atoms with van der Waals surface area (Å²) in [5.41, 5.74) is 1.44. The van der Waals surface area contributed by atoms with Gasteiger partial charge in [0.15, 0.2) is 0 Å². The van der Waals surface area contributed by atoms with Crippen molar-refractivity contribution >= 4 is 0 Å². The summed E-state index contributed by atoms with van der Waals surface area (Å²) in [4.78, 5) is 0. The summed E-state index contributed by atoms with van der Waals surface area (Å²) in [6, 6.07) is 1.40. The van der Waals surface area contributed by atoms with E-state index in [9.17, 15) is 0 Å². The van der Waals surface area contributed by atoms with Crippen LogP contribution in [0.4, 0.5) is 0 Å². The molecule has 12 heavy (non-hydrogen) atoms. The highest BCUT2D eigenvalue weighted by Gasteiger charge is 2.32. The molecule has 2 N–H and O–H groups in total. The summed E-state index contributed by atoms with van der Waals surface area (Å²) in [7, 11) is 0. The minimum atomic E-state index is 0.660. The first-order valence-corrected chi connectivity index (χ1v) is 4.91. The van der Waals surface area contributed by atoms with Crippen molar-refractivity contribution in [3.63, 3.8) is 0 Å². The van der Waals surface area contributed by atoms with Gasteiger partial charge in [0.25, 0.3) is 0 Å². The zero-order chi connectivity index (χ0) is 8.55. The van der Waals surface area contributed by atoms with E-state index in [1.165, 1.54) is 24.8 Å². The molecular weight excluding hydrogens is 148 g/mol. The fourth-order valence-corrected chi connectivity index (χ4v) is 2.43. The number of hydrogen-bond donors (Lipinski definition) is 2. The van der Waals surface area contributed by atoms with Crippen LogP contribution in [0.1, 0.15) is 26.2 Å². The summed E-state index contributed by atoms with van der Waals surface area (Å²) in [6.07, 6.45) is 3.72. The highest BCUT2D eigenvalue weighted by Crippen LogP contribution is 2.31. The van der Waals surface area contributed by atoms with Crippen LogP contribution in [0, 0.1) is 5.92 Å². The van der Waals surface area contributed by atoms with Gasteiger partial charge in [0.2, 0.25) is 0 Å². The Labute approximate surface area is 74.4 Å². The van der Waals surface area contributed by atoms with E-state index >= 15 is 0 Å². The normalized spacial score (nSPS) is 42.4. The molecular formula is C10H18N2. The number of hydrogen-bond acceptors (Lipinski definition) is 2. The van der Waals surface area contributed by atoms with Crippen LogP contribution in [-0.4, -0.2) is 18.8 Å². The Morgan fingerprint density at radius 1 is 1.42 bits per heavy atom. The van der Waals surface area contributed by atoms with Gasteiger partial charge in [0.05, 0.1) is 0 Å². The van der Waals surface area contributed by atoms with Crippen LogP contribution in [0.5, 0.6) is 0 Å². The van der Waals surface area contributed by atoms with Crippen molar-refractivity contribution in [3.8, 4) is 0 Å². The number of allylic oxidation sites excluding steroid dienone is 1. The summed E-state index contributed by atoms with van der Waals surface area (Å²) >= 11 is 0. The molecule has 0 spiro atoms. The molecule has 2 rings (SSSR count). The zero-order valence-electron chi connectivity index (χ0n) is 7.77. The molecule has 2 heteroatoms. The van der Waals surface area contributed by atoms with Gasteiger partial charge in [-0.3, -0.25) is 0 Å². The molecule has 1 aliphatic carbocycles. The minimum Gasteiger partial charge on any atom is -0.302 e. The van der Waals surface area contributed by atoms with Gasteiger partial charge in [-0.2, -0.15) is 0 Å². The second kappa shape index (κ2) is 3.19. The first kappa shape index (κ1) is 8.27. The van der Waals surface area contributed by atoms with E-state index in [4.69, 9.17) is 0 Å². The standard InChI is InChI=1S/C10H18N2/c1-7-3-4-10-9(5-7)8(2)11-6-12-10/h8-12H,1,3-6H2,2H3. The Morgan fingerprint density at radius 2 is 2.25 bits per heavy atom. The maximum absolute atomic E-state index is 4.08. The van der Waals surface area contributed by atoms with Gasteiger partial charge < -0.3 is 10.6 Å². The first-order chi connectivity index (χ1) is 5.77. The van der Waals surface area contributed by atoms with E-state index < -0.39 is 0 Å². The maximum Gasteiger partial charge on any atom is 0.0458 e. The van der Waals surface area contributed by atoms with Gasteiger partial charge in [-0.25, -0.2) is 0 Å². The van der Waals surface area contributed by atoms with E-state index in [0.29, 0.717) is 6.04 Å². The number of rotatable bonds is 0. The summed E-state index contributed by atoms with van der Waals surface area (Å²) in [5, 5.41) is 6.97. The largest absolute Gasteiger partial charge is 0.302 e. The lowest BCUT2D eigenvalue weighted by atomic mass is 9.77. The van der Waals surface area contributed by atoms with Gasteiger partial charge in [-0.15, -0.1) is 0 Å². The number of fused-ring (bicyclic) bond motifs is 1. The van der Waals surface area contributed by atoms with Gasteiger partial charge in [0.1, 0.15) is 0 Å². The Hall–Kier alpha value is -0.340. The molecule has 2 aliphatic rings. The molecule has 1 aliphatic heterocycles.